The summed E-state index contributed by atoms with van der Waals surface area (Å²) in [5.74, 6) is 0. The molecule has 0 aromatic rings. The number of nitrogens with two attached hydrogens (primary N) is 3. The Balaban J connectivity index is 0. The molecule has 5 heteroatoms. The zero-order valence-electron chi connectivity index (χ0n) is 14.2. The summed E-state index contributed by atoms with van der Waals surface area (Å²) in [5, 5.41) is 17.0. The van der Waals surface area contributed by atoms with E-state index in [0.29, 0.717) is 0 Å². The highest BCUT2D eigenvalue weighted by Gasteiger charge is 2.15. The third kappa shape index (κ3) is 22.4. The Morgan fingerprint density at radius 1 is 0.524 bits per heavy atom. The van der Waals surface area contributed by atoms with Gasteiger partial charge in [-0.2, -0.15) is 0 Å². The fraction of sp³-hybridized carbons (Fsp3) is 1.00. The van der Waals surface area contributed by atoms with Gasteiger partial charge in [0.15, 0.2) is 0 Å². The van der Waals surface area contributed by atoms with Gasteiger partial charge in [0, 0.05) is 0 Å². The topological polar surface area (TPSA) is 78.1 Å². The van der Waals surface area contributed by atoms with Crippen LogP contribution in [0.25, 0.3) is 0 Å². The van der Waals surface area contributed by atoms with Crippen LogP contribution in [0.5, 0.6) is 0 Å². The van der Waals surface area contributed by atoms with Crippen molar-refractivity contribution in [2.24, 2.45) is 16.2 Å². The predicted molar refractivity (Wildman–Crippen MR) is 95.9 cm³/mol. The van der Waals surface area contributed by atoms with Gasteiger partial charge in [0.1, 0.15) is 0 Å². The Labute approximate surface area is 133 Å². The largest absolute Gasteiger partial charge is 0.327 e. The second-order valence-electron chi connectivity index (χ2n) is 6.46. The molecule has 0 radical (unpaired) electrons. The first kappa shape index (κ1) is 23.3. The molecule has 0 rings (SSSR count). The minimum Gasteiger partial charge on any atom is -0.327 e. The first-order valence-corrected chi connectivity index (χ1v) is 11.4. The van der Waals surface area contributed by atoms with E-state index in [1.807, 2.05) is 0 Å². The minimum absolute atomic E-state index is 0. The zero-order chi connectivity index (χ0) is 15.1. The molecule has 0 atom stereocenters. The molecule has 6 N–H and O–H groups in total. The first-order chi connectivity index (χ1) is 9.56. The fourth-order valence-electron chi connectivity index (χ4n) is 2.63. The molecule has 0 aliphatic carbocycles. The minimum atomic E-state index is -2.26. The molecule has 0 aromatic carbocycles. The lowest BCUT2D eigenvalue weighted by Gasteiger charge is -2.13. The SMILES string of the molecule is CCCCCCCCCCCCCCCC[Si](N)(N)N.F. The monoisotopic (exact) mass is 321 g/mol. The smallest absolute Gasteiger partial charge is 0.273 e. The van der Waals surface area contributed by atoms with Crippen molar-refractivity contribution in [1.82, 2.24) is 0 Å². The van der Waals surface area contributed by atoms with Gasteiger partial charge in [-0.25, -0.2) is 0 Å². The van der Waals surface area contributed by atoms with Gasteiger partial charge in [-0.15, -0.1) is 0 Å². The molecule has 0 saturated carbocycles. The van der Waals surface area contributed by atoms with Crippen molar-refractivity contribution in [2.45, 2.75) is 103 Å². The highest BCUT2D eigenvalue weighted by molar-refractivity contribution is 6.70. The van der Waals surface area contributed by atoms with Gasteiger partial charge in [0.25, 0.3) is 8.56 Å². The van der Waals surface area contributed by atoms with Crippen LogP contribution in [0.3, 0.4) is 0 Å². The van der Waals surface area contributed by atoms with E-state index >= 15 is 0 Å². The van der Waals surface area contributed by atoms with Crippen molar-refractivity contribution in [1.29, 1.82) is 0 Å². The van der Waals surface area contributed by atoms with Crippen molar-refractivity contribution in [3.63, 3.8) is 0 Å². The van der Waals surface area contributed by atoms with E-state index in [0.717, 1.165) is 12.5 Å². The molecule has 0 amide bonds. The third-order valence-electron chi connectivity index (χ3n) is 3.96. The van der Waals surface area contributed by atoms with Crippen LogP contribution in [0.2, 0.25) is 6.04 Å². The maximum Gasteiger partial charge on any atom is 0.273 e. The zero-order valence-corrected chi connectivity index (χ0v) is 15.2. The van der Waals surface area contributed by atoms with Crippen LogP contribution in [0.4, 0.5) is 4.70 Å². The summed E-state index contributed by atoms with van der Waals surface area (Å²) in [4.78, 5) is 0. The normalized spacial score (nSPS) is 11.4. The van der Waals surface area contributed by atoms with E-state index in [1.54, 1.807) is 0 Å². The first-order valence-electron chi connectivity index (χ1n) is 8.93. The summed E-state index contributed by atoms with van der Waals surface area (Å²) >= 11 is 0. The number of hydrogen-bond acceptors (Lipinski definition) is 3. The lowest BCUT2D eigenvalue weighted by atomic mass is 10.0. The highest BCUT2D eigenvalue weighted by Crippen LogP contribution is 2.13. The van der Waals surface area contributed by atoms with Gasteiger partial charge in [0.2, 0.25) is 0 Å². The summed E-state index contributed by atoms with van der Waals surface area (Å²) in [6.07, 6.45) is 19.3. The molecule has 0 aromatic heterocycles. The van der Waals surface area contributed by atoms with E-state index in [2.05, 4.69) is 6.92 Å². The maximum atomic E-state index is 5.68. The van der Waals surface area contributed by atoms with E-state index in [-0.39, 0.29) is 4.70 Å². The van der Waals surface area contributed by atoms with Crippen LogP contribution in [0.1, 0.15) is 96.8 Å². The van der Waals surface area contributed by atoms with Crippen molar-refractivity contribution >= 4 is 8.56 Å². The quantitative estimate of drug-likeness (QED) is 0.308. The average molecular weight is 322 g/mol. The maximum absolute atomic E-state index is 5.68. The van der Waals surface area contributed by atoms with E-state index in [9.17, 15) is 0 Å². The molecular weight excluding hydrogens is 281 g/mol. The molecule has 0 unspecified atom stereocenters. The Morgan fingerprint density at radius 3 is 1.10 bits per heavy atom. The van der Waals surface area contributed by atoms with Crippen LogP contribution in [-0.4, -0.2) is 8.56 Å². The second kappa shape index (κ2) is 16.4. The van der Waals surface area contributed by atoms with Gasteiger partial charge < -0.3 is 16.2 Å². The lowest BCUT2D eigenvalue weighted by Crippen LogP contribution is -2.64. The molecular formula is C16H40FN3Si. The van der Waals surface area contributed by atoms with Crippen molar-refractivity contribution in [2.75, 3.05) is 0 Å². The third-order valence-corrected chi connectivity index (χ3v) is 5.18. The fourth-order valence-corrected chi connectivity index (χ4v) is 3.49. The van der Waals surface area contributed by atoms with Crippen molar-refractivity contribution in [3.8, 4) is 0 Å². The van der Waals surface area contributed by atoms with Crippen molar-refractivity contribution in [3.05, 3.63) is 0 Å². The van der Waals surface area contributed by atoms with Crippen LogP contribution in [-0.2, 0) is 0 Å². The lowest BCUT2D eigenvalue weighted by molar-refractivity contribution is 0.538. The van der Waals surface area contributed by atoms with Crippen LogP contribution < -0.4 is 16.2 Å². The Hall–Kier alpha value is 0.0269. The summed E-state index contributed by atoms with van der Waals surface area (Å²) < 4.78 is 0. The van der Waals surface area contributed by atoms with Gasteiger partial charge in [0.05, 0.1) is 0 Å². The molecule has 21 heavy (non-hydrogen) atoms. The summed E-state index contributed by atoms with van der Waals surface area (Å²) in [7, 11) is -2.26. The van der Waals surface area contributed by atoms with E-state index in [4.69, 9.17) is 16.2 Å². The second-order valence-corrected chi connectivity index (χ2v) is 9.18. The number of hydrogen-bond donors (Lipinski definition) is 3. The van der Waals surface area contributed by atoms with Gasteiger partial charge in [-0.1, -0.05) is 96.8 Å². The average Bonchev–Trinajstić information content (AvgIpc) is 2.38. The molecule has 0 heterocycles. The van der Waals surface area contributed by atoms with E-state index < -0.39 is 8.56 Å². The molecule has 0 saturated heterocycles. The number of unbranched alkanes of at least 4 members (excludes halogenated alkanes) is 13. The molecule has 0 aliphatic heterocycles. The molecule has 0 fully saturated rings. The summed E-state index contributed by atoms with van der Waals surface area (Å²) in [6.45, 7) is 2.28. The number of halogens is 1. The molecule has 0 bridgehead atoms. The van der Waals surface area contributed by atoms with Crippen LogP contribution >= 0.6 is 0 Å². The molecule has 0 spiro atoms. The standard InChI is InChI=1S/C16H39N3Si.FH/c1-2-3-4-5-6-7-8-9-10-11-12-13-14-15-16-20(17,18)19;/h2-19H2,1H3;1H. The number of rotatable bonds is 15. The van der Waals surface area contributed by atoms with Gasteiger partial charge in [-0.05, 0) is 6.04 Å². The molecule has 0 aliphatic rings. The van der Waals surface area contributed by atoms with Crippen molar-refractivity contribution < 1.29 is 4.70 Å². The van der Waals surface area contributed by atoms with E-state index in [1.165, 1.54) is 83.5 Å². The highest BCUT2D eigenvalue weighted by atomic mass is 28.4. The van der Waals surface area contributed by atoms with Crippen LogP contribution in [0, 0.1) is 0 Å². The molecule has 3 nitrogen and oxygen atoms in total. The van der Waals surface area contributed by atoms with Gasteiger partial charge >= 0.3 is 0 Å². The molecule has 130 valence electrons. The Morgan fingerprint density at radius 2 is 0.810 bits per heavy atom. The van der Waals surface area contributed by atoms with Gasteiger partial charge in [-0.3, -0.25) is 4.70 Å². The summed E-state index contributed by atoms with van der Waals surface area (Å²) in [6, 6.07) is 0.866. The van der Waals surface area contributed by atoms with Crippen LogP contribution in [0.15, 0.2) is 0 Å². The Bertz CT molecular complexity index is 198. The predicted octanol–water partition coefficient (Wildman–Crippen LogP) is 4.44. The Kier molecular flexibility index (Phi) is 18.2. The summed E-state index contributed by atoms with van der Waals surface area (Å²) in [5.41, 5.74) is 0.